The average molecular weight is 921 g/mol. The number of hydrogen-bond donors (Lipinski definition) is 0. The number of ether oxygens (including phenoxy) is 1. The number of halogens is 2. The minimum absolute atomic E-state index is 0.234. The lowest BCUT2D eigenvalue weighted by atomic mass is 9.68. The Kier molecular flexibility index (Phi) is 15.6. The highest BCUT2D eigenvalue weighted by Crippen LogP contribution is 2.48. The first kappa shape index (κ1) is 43.4. The second-order valence-electron chi connectivity index (χ2n) is 19.6. The van der Waals surface area contributed by atoms with E-state index in [1.165, 1.54) is 162 Å². The topological polar surface area (TPSA) is 9.23 Å². The van der Waals surface area contributed by atoms with Gasteiger partial charge in [0.15, 0.2) is 0 Å². The van der Waals surface area contributed by atoms with Gasteiger partial charge < -0.3 is 4.74 Å². The van der Waals surface area contributed by atoms with E-state index in [1.807, 2.05) is 0 Å². The molecule has 4 saturated carbocycles. The van der Waals surface area contributed by atoms with Crippen LogP contribution in [0.25, 0.3) is 0 Å². The fraction of sp³-hybridized carbons (Fsp3) is 0.571. The molecule has 4 aromatic rings. The van der Waals surface area contributed by atoms with E-state index in [4.69, 9.17) is 4.74 Å². The van der Waals surface area contributed by atoms with Crippen LogP contribution in [-0.2, 0) is 4.74 Å². The van der Waals surface area contributed by atoms with Crippen LogP contribution in [0.3, 0.4) is 0 Å². The van der Waals surface area contributed by atoms with Gasteiger partial charge in [0.05, 0.1) is 0 Å². The van der Waals surface area contributed by atoms with Crippen LogP contribution in [0.2, 0.25) is 0 Å². The molecule has 0 spiro atoms. The molecule has 0 heterocycles. The molecular weight excluding hydrogens is 848 g/mol. The number of benzene rings is 4. The van der Waals surface area contributed by atoms with Crippen molar-refractivity contribution in [1.82, 2.24) is 0 Å². The van der Waals surface area contributed by atoms with Crippen molar-refractivity contribution in [3.63, 3.8) is 0 Å². The normalized spacial score (nSPS) is 28.8. The predicted octanol–water partition coefficient (Wildman–Crippen LogP) is 17.9. The zero-order valence-electron chi connectivity index (χ0n) is 36.3. The number of hydrogen-bond acceptors (Lipinski definition) is 1. The highest BCUT2D eigenvalue weighted by Gasteiger charge is 2.34. The second-order valence-corrected chi connectivity index (χ2v) is 21.4. The molecule has 4 fully saturated rings. The van der Waals surface area contributed by atoms with Gasteiger partial charge in [-0.2, -0.15) is 0 Å². The summed E-state index contributed by atoms with van der Waals surface area (Å²) in [6.07, 6.45) is 27.9. The van der Waals surface area contributed by atoms with Crippen molar-refractivity contribution >= 4 is 31.9 Å². The Hall–Kier alpha value is -2.20. The molecule has 0 saturated heterocycles. The van der Waals surface area contributed by atoms with Gasteiger partial charge in [-0.05, 0) is 170 Å². The highest BCUT2D eigenvalue weighted by atomic mass is 79.9. The molecule has 4 aliphatic carbocycles. The monoisotopic (exact) mass is 918 g/mol. The van der Waals surface area contributed by atoms with Crippen molar-refractivity contribution in [2.45, 2.75) is 166 Å². The van der Waals surface area contributed by atoms with Crippen LogP contribution in [0, 0.1) is 35.5 Å². The van der Waals surface area contributed by atoms with Crippen LogP contribution in [-0.4, -0.2) is 0 Å². The van der Waals surface area contributed by atoms with Crippen LogP contribution < -0.4 is 0 Å². The number of rotatable bonds is 14. The van der Waals surface area contributed by atoms with Gasteiger partial charge in [-0.3, -0.25) is 0 Å². The maximum absolute atomic E-state index is 7.48. The van der Waals surface area contributed by atoms with Crippen molar-refractivity contribution in [2.75, 3.05) is 0 Å². The summed E-state index contributed by atoms with van der Waals surface area (Å²) >= 11 is 8.25. The molecule has 3 heteroatoms. The van der Waals surface area contributed by atoms with Crippen molar-refractivity contribution in [3.8, 4) is 0 Å². The van der Waals surface area contributed by atoms with Crippen molar-refractivity contribution < 1.29 is 4.74 Å². The molecule has 0 radical (unpaired) electrons. The van der Waals surface area contributed by atoms with Crippen LogP contribution in [0.1, 0.15) is 200 Å². The van der Waals surface area contributed by atoms with E-state index < -0.39 is 0 Å². The highest BCUT2D eigenvalue weighted by molar-refractivity contribution is 9.10. The molecule has 0 bridgehead atoms. The Morgan fingerprint density at radius 3 is 1.10 bits per heavy atom. The van der Waals surface area contributed by atoms with Gasteiger partial charge in [-0.25, -0.2) is 0 Å². The fourth-order valence-electron chi connectivity index (χ4n) is 12.6. The van der Waals surface area contributed by atoms with Gasteiger partial charge in [0.2, 0.25) is 0 Å². The first-order chi connectivity index (χ1) is 29.0. The molecule has 1 nitrogen and oxygen atoms in total. The van der Waals surface area contributed by atoms with Gasteiger partial charge in [-0.15, -0.1) is 0 Å². The Morgan fingerprint density at radius 1 is 0.441 bits per heavy atom. The molecule has 0 aromatic heterocycles. The molecule has 316 valence electrons. The molecule has 0 amide bonds. The molecule has 2 unspecified atom stereocenters. The minimum atomic E-state index is -0.234. The van der Waals surface area contributed by atoms with Crippen molar-refractivity contribution in [2.24, 2.45) is 35.5 Å². The molecule has 0 N–H and O–H groups in total. The predicted molar refractivity (Wildman–Crippen MR) is 256 cm³/mol. The lowest BCUT2D eigenvalue weighted by Crippen LogP contribution is -2.25. The van der Waals surface area contributed by atoms with Crippen molar-refractivity contribution in [3.05, 3.63) is 139 Å². The van der Waals surface area contributed by atoms with Gasteiger partial charge in [0.1, 0.15) is 12.2 Å². The molecule has 0 aliphatic heterocycles. The Labute approximate surface area is 375 Å². The van der Waals surface area contributed by atoms with Gasteiger partial charge in [-0.1, -0.05) is 182 Å². The lowest BCUT2D eigenvalue weighted by Gasteiger charge is -2.38. The lowest BCUT2D eigenvalue weighted by molar-refractivity contribution is 0.0300. The van der Waals surface area contributed by atoms with E-state index in [0.717, 1.165) is 44.5 Å². The van der Waals surface area contributed by atoms with E-state index in [0.29, 0.717) is 11.8 Å². The van der Waals surface area contributed by atoms with E-state index in [2.05, 4.69) is 143 Å². The molecule has 4 aromatic carbocycles. The summed E-state index contributed by atoms with van der Waals surface area (Å²) in [5.74, 6) is 7.13. The first-order valence-electron chi connectivity index (χ1n) is 24.3. The standard InChI is InChI=1S/C56H72Br2O/c1-3-11-39-17-21-41(22-18-39)43-25-29-45(30-26-43)49-33-35-51(53(57)37-49)55(47-13-7-5-8-14-47)59-56(48-15-9-6-10-16-48)52-36-34-50(38-54(52)58)46-31-27-44(28-32-46)42-23-19-40(12-4-2)20-24-42/h5-10,13-16,33-46,55-56H,3-4,11-12,17-32H2,1-2H3. The first-order valence-corrected chi connectivity index (χ1v) is 25.9. The zero-order valence-corrected chi connectivity index (χ0v) is 39.5. The van der Waals surface area contributed by atoms with E-state index >= 15 is 0 Å². The third kappa shape index (κ3) is 10.9. The summed E-state index contributed by atoms with van der Waals surface area (Å²) in [5.41, 5.74) is 7.73. The van der Waals surface area contributed by atoms with E-state index in [9.17, 15) is 0 Å². The van der Waals surface area contributed by atoms with E-state index in [1.54, 1.807) is 0 Å². The summed E-state index contributed by atoms with van der Waals surface area (Å²) < 4.78 is 9.79. The molecule has 4 aliphatic rings. The summed E-state index contributed by atoms with van der Waals surface area (Å²) in [6, 6.07) is 36.2. The molecular formula is C56H72Br2O. The molecule has 2 atom stereocenters. The summed E-state index contributed by atoms with van der Waals surface area (Å²) in [7, 11) is 0. The van der Waals surface area contributed by atoms with Crippen molar-refractivity contribution in [1.29, 1.82) is 0 Å². The van der Waals surface area contributed by atoms with Gasteiger partial charge in [0, 0.05) is 8.95 Å². The quantitative estimate of drug-likeness (QED) is 0.122. The third-order valence-electron chi connectivity index (χ3n) is 16.1. The van der Waals surface area contributed by atoms with Crippen LogP contribution in [0.4, 0.5) is 0 Å². The smallest absolute Gasteiger partial charge is 0.110 e. The SMILES string of the molecule is CCCC1CCC(C2CCC(c3ccc(C(OC(c4ccccc4)c4ccc(C5CCC(C6CCC(CCC)CC6)CC5)cc4Br)c4ccccc4)c(Br)c3)CC2)CC1. The zero-order chi connectivity index (χ0) is 40.6. The Morgan fingerprint density at radius 2 is 0.780 bits per heavy atom. The van der Waals surface area contributed by atoms with Gasteiger partial charge >= 0.3 is 0 Å². The molecule has 8 rings (SSSR count). The van der Waals surface area contributed by atoms with Gasteiger partial charge in [0.25, 0.3) is 0 Å². The minimum Gasteiger partial charge on any atom is -0.356 e. The van der Waals surface area contributed by atoms with Crippen LogP contribution in [0.15, 0.2) is 106 Å². The summed E-state index contributed by atoms with van der Waals surface area (Å²) in [4.78, 5) is 0. The van der Waals surface area contributed by atoms with E-state index in [-0.39, 0.29) is 12.2 Å². The third-order valence-corrected chi connectivity index (χ3v) is 17.5. The Balaban J connectivity index is 0.969. The van der Waals surface area contributed by atoms with Crippen LogP contribution in [0.5, 0.6) is 0 Å². The second kappa shape index (κ2) is 21.3. The summed E-state index contributed by atoms with van der Waals surface area (Å²) in [6.45, 7) is 4.71. The largest absolute Gasteiger partial charge is 0.356 e. The average Bonchev–Trinajstić information content (AvgIpc) is 3.29. The summed E-state index contributed by atoms with van der Waals surface area (Å²) in [5, 5.41) is 0. The maximum Gasteiger partial charge on any atom is 0.110 e. The Bertz CT molecular complexity index is 1720. The molecule has 59 heavy (non-hydrogen) atoms. The fourth-order valence-corrected chi connectivity index (χ4v) is 13.8. The van der Waals surface area contributed by atoms with Crippen LogP contribution >= 0.6 is 31.9 Å². The maximum atomic E-state index is 7.48.